The molecule has 1 heterocycles. The molecule has 3 rings (SSSR count). The van der Waals surface area contributed by atoms with Crippen molar-refractivity contribution in [3.05, 3.63) is 41.0 Å². The monoisotopic (exact) mass is 264 g/mol. The molecule has 1 nitrogen and oxygen atoms in total. The summed E-state index contributed by atoms with van der Waals surface area (Å²) in [5.41, 5.74) is 4.15. The number of fused-ring (bicyclic) bond motifs is 2. The van der Waals surface area contributed by atoms with Crippen LogP contribution in [0.2, 0.25) is 0 Å². The summed E-state index contributed by atoms with van der Waals surface area (Å²) in [5.74, 6) is 1.09. The van der Waals surface area contributed by atoms with Crippen LogP contribution in [0.25, 0.3) is 0 Å². The van der Waals surface area contributed by atoms with E-state index in [1.807, 2.05) is 0 Å². The molecule has 1 aliphatic heterocycles. The normalized spacial score (nSPS) is 22.7. The highest BCUT2D eigenvalue weighted by molar-refractivity contribution is 9.08. The van der Waals surface area contributed by atoms with Crippen molar-refractivity contribution >= 4 is 15.9 Å². The average Bonchev–Trinajstić information content (AvgIpc) is 2.72. The number of benzene rings is 1. The number of hydrogen-bond donors (Lipinski definition) is 0. The minimum Gasteiger partial charge on any atom is -0.486 e. The van der Waals surface area contributed by atoms with Gasteiger partial charge in [0, 0.05) is 11.8 Å². The van der Waals surface area contributed by atoms with Gasteiger partial charge in [0.1, 0.15) is 11.9 Å². The zero-order chi connectivity index (χ0) is 10.3. The summed E-state index contributed by atoms with van der Waals surface area (Å²) < 4.78 is 5.97. The standard InChI is InChI=1S/C13H13BrO/c14-8-9-4-5-13-11(6-9)7-10-2-1-3-12(10)15-13/h2,4-6,12H,1,3,7-8H2. The van der Waals surface area contributed by atoms with Crippen LogP contribution >= 0.6 is 15.9 Å². The van der Waals surface area contributed by atoms with E-state index in [1.165, 1.54) is 23.1 Å². The lowest BCUT2D eigenvalue weighted by atomic mass is 9.97. The van der Waals surface area contributed by atoms with Gasteiger partial charge in [-0.15, -0.1) is 0 Å². The Kier molecular flexibility index (Phi) is 2.32. The first-order chi connectivity index (χ1) is 7.36. The molecule has 1 aromatic carbocycles. The van der Waals surface area contributed by atoms with Gasteiger partial charge in [-0.2, -0.15) is 0 Å². The maximum atomic E-state index is 5.97. The molecule has 0 amide bonds. The quantitative estimate of drug-likeness (QED) is 0.556. The number of halogens is 1. The van der Waals surface area contributed by atoms with E-state index in [0.717, 1.165) is 23.9 Å². The molecule has 0 saturated carbocycles. The van der Waals surface area contributed by atoms with Gasteiger partial charge in [-0.3, -0.25) is 0 Å². The van der Waals surface area contributed by atoms with Gasteiger partial charge in [0.2, 0.25) is 0 Å². The Morgan fingerprint density at radius 3 is 3.20 bits per heavy atom. The van der Waals surface area contributed by atoms with E-state index in [-0.39, 0.29) is 0 Å². The molecule has 1 aliphatic carbocycles. The van der Waals surface area contributed by atoms with Crippen molar-refractivity contribution in [3.8, 4) is 5.75 Å². The molecule has 2 aliphatic rings. The van der Waals surface area contributed by atoms with E-state index in [0.29, 0.717) is 6.10 Å². The van der Waals surface area contributed by atoms with E-state index in [4.69, 9.17) is 4.74 Å². The number of allylic oxidation sites excluding steroid dienone is 1. The van der Waals surface area contributed by atoms with Crippen LogP contribution in [0.3, 0.4) is 0 Å². The minimum atomic E-state index is 0.368. The first kappa shape index (κ1) is 9.46. The van der Waals surface area contributed by atoms with E-state index in [9.17, 15) is 0 Å². The first-order valence-corrected chi connectivity index (χ1v) is 6.52. The molecule has 0 aromatic heterocycles. The van der Waals surface area contributed by atoms with Crippen molar-refractivity contribution in [2.75, 3.05) is 0 Å². The van der Waals surface area contributed by atoms with Crippen molar-refractivity contribution in [3.63, 3.8) is 0 Å². The van der Waals surface area contributed by atoms with E-state index < -0.39 is 0 Å². The first-order valence-electron chi connectivity index (χ1n) is 5.40. The van der Waals surface area contributed by atoms with Gasteiger partial charge in [0.15, 0.2) is 0 Å². The van der Waals surface area contributed by atoms with Crippen LogP contribution in [0, 0.1) is 0 Å². The summed E-state index contributed by atoms with van der Waals surface area (Å²) in [6.07, 6.45) is 6.14. The predicted octanol–water partition coefficient (Wildman–Crippen LogP) is 3.61. The van der Waals surface area contributed by atoms with Gasteiger partial charge < -0.3 is 4.74 Å². The minimum absolute atomic E-state index is 0.368. The predicted molar refractivity (Wildman–Crippen MR) is 64.5 cm³/mol. The molecular formula is C13H13BrO. The highest BCUT2D eigenvalue weighted by Gasteiger charge is 2.27. The third kappa shape index (κ3) is 1.61. The summed E-state index contributed by atoms with van der Waals surface area (Å²) >= 11 is 3.49. The molecule has 2 heteroatoms. The highest BCUT2D eigenvalue weighted by Crippen LogP contribution is 2.36. The zero-order valence-corrected chi connectivity index (χ0v) is 10.1. The van der Waals surface area contributed by atoms with E-state index >= 15 is 0 Å². The summed E-state index contributed by atoms with van der Waals surface area (Å²) in [6.45, 7) is 0. The number of hydrogen-bond acceptors (Lipinski definition) is 1. The van der Waals surface area contributed by atoms with Crippen LogP contribution in [0.1, 0.15) is 24.0 Å². The molecule has 0 saturated heterocycles. The molecule has 0 bridgehead atoms. The second kappa shape index (κ2) is 3.67. The molecule has 1 unspecified atom stereocenters. The highest BCUT2D eigenvalue weighted by atomic mass is 79.9. The van der Waals surface area contributed by atoms with Crippen molar-refractivity contribution in [2.24, 2.45) is 0 Å². The summed E-state index contributed by atoms with van der Waals surface area (Å²) in [7, 11) is 0. The van der Waals surface area contributed by atoms with E-state index in [2.05, 4.69) is 40.2 Å². The number of rotatable bonds is 1. The van der Waals surface area contributed by atoms with Crippen molar-refractivity contribution in [1.82, 2.24) is 0 Å². The van der Waals surface area contributed by atoms with Crippen molar-refractivity contribution < 1.29 is 4.74 Å². The summed E-state index contributed by atoms with van der Waals surface area (Å²) in [4.78, 5) is 0. The van der Waals surface area contributed by atoms with E-state index in [1.54, 1.807) is 0 Å². The lowest BCUT2D eigenvalue weighted by Gasteiger charge is -2.25. The second-order valence-corrected chi connectivity index (χ2v) is 4.78. The molecule has 78 valence electrons. The molecule has 1 atom stereocenters. The molecular weight excluding hydrogens is 252 g/mol. The molecule has 0 radical (unpaired) electrons. The summed E-state index contributed by atoms with van der Waals surface area (Å²) in [6, 6.07) is 6.50. The van der Waals surface area contributed by atoms with Crippen LogP contribution < -0.4 is 4.74 Å². The summed E-state index contributed by atoms with van der Waals surface area (Å²) in [5, 5.41) is 0.919. The van der Waals surface area contributed by atoms with Gasteiger partial charge in [0.25, 0.3) is 0 Å². The third-order valence-electron chi connectivity index (χ3n) is 3.19. The Balaban J connectivity index is 1.99. The molecule has 0 spiro atoms. The van der Waals surface area contributed by atoms with Crippen LogP contribution in [-0.2, 0) is 11.8 Å². The Morgan fingerprint density at radius 2 is 2.33 bits per heavy atom. The van der Waals surface area contributed by atoms with Gasteiger partial charge in [-0.1, -0.05) is 34.1 Å². The van der Waals surface area contributed by atoms with Gasteiger partial charge in [0.05, 0.1) is 0 Å². The Labute approximate surface area is 98.3 Å². The van der Waals surface area contributed by atoms with Gasteiger partial charge >= 0.3 is 0 Å². The molecule has 1 aromatic rings. The maximum Gasteiger partial charge on any atom is 0.123 e. The lowest BCUT2D eigenvalue weighted by Crippen LogP contribution is -2.22. The maximum absolute atomic E-state index is 5.97. The van der Waals surface area contributed by atoms with Crippen LogP contribution in [0.4, 0.5) is 0 Å². The molecule has 15 heavy (non-hydrogen) atoms. The Morgan fingerprint density at radius 1 is 1.40 bits per heavy atom. The lowest BCUT2D eigenvalue weighted by molar-refractivity contribution is 0.222. The fraction of sp³-hybridized carbons (Fsp3) is 0.385. The SMILES string of the molecule is BrCc1ccc2c(c1)CC1=CCCC1O2. The van der Waals surface area contributed by atoms with Crippen molar-refractivity contribution in [2.45, 2.75) is 30.7 Å². The average molecular weight is 265 g/mol. The molecule has 0 fully saturated rings. The van der Waals surface area contributed by atoms with Gasteiger partial charge in [-0.25, -0.2) is 0 Å². The largest absolute Gasteiger partial charge is 0.486 e. The fourth-order valence-corrected chi connectivity index (χ4v) is 2.75. The second-order valence-electron chi connectivity index (χ2n) is 4.22. The topological polar surface area (TPSA) is 9.23 Å². The Bertz CT molecular complexity index is 423. The number of alkyl halides is 1. The third-order valence-corrected chi connectivity index (χ3v) is 3.84. The van der Waals surface area contributed by atoms with Crippen molar-refractivity contribution in [1.29, 1.82) is 0 Å². The zero-order valence-electron chi connectivity index (χ0n) is 8.50. The van der Waals surface area contributed by atoms with Crippen LogP contribution in [0.15, 0.2) is 29.8 Å². The Hall–Kier alpha value is -0.760. The van der Waals surface area contributed by atoms with Gasteiger partial charge in [-0.05, 0) is 35.6 Å². The van der Waals surface area contributed by atoms with Crippen LogP contribution in [-0.4, -0.2) is 6.10 Å². The van der Waals surface area contributed by atoms with Crippen LogP contribution in [0.5, 0.6) is 5.75 Å². The molecule has 0 N–H and O–H groups in total. The smallest absolute Gasteiger partial charge is 0.123 e. The fourth-order valence-electron chi connectivity index (χ4n) is 2.40. The number of ether oxygens (including phenoxy) is 1.